The van der Waals surface area contributed by atoms with Gasteiger partial charge in [0.2, 0.25) is 5.91 Å². The largest absolute Gasteiger partial charge is 0.416 e. The maximum atomic E-state index is 12.8. The van der Waals surface area contributed by atoms with Gasteiger partial charge >= 0.3 is 6.18 Å². The van der Waals surface area contributed by atoms with Crippen LogP contribution < -0.4 is 11.1 Å². The molecule has 1 aromatic rings. The van der Waals surface area contributed by atoms with Crippen LogP contribution in [0.1, 0.15) is 43.2 Å². The minimum absolute atomic E-state index is 0.0955. The third-order valence-electron chi connectivity index (χ3n) is 4.74. The van der Waals surface area contributed by atoms with Gasteiger partial charge in [-0.15, -0.1) is 0 Å². The second-order valence-electron chi connectivity index (χ2n) is 6.58. The van der Waals surface area contributed by atoms with Crippen molar-refractivity contribution in [3.63, 3.8) is 0 Å². The summed E-state index contributed by atoms with van der Waals surface area (Å²) in [5.41, 5.74) is 5.95. The Labute approximate surface area is 145 Å². The first-order valence-electron chi connectivity index (χ1n) is 8.57. The van der Waals surface area contributed by atoms with E-state index in [-0.39, 0.29) is 17.7 Å². The van der Waals surface area contributed by atoms with Crippen LogP contribution in [0.4, 0.5) is 13.2 Å². The summed E-state index contributed by atoms with van der Waals surface area (Å²) in [5.74, 6) is -0.181. The predicted molar refractivity (Wildman–Crippen MR) is 89.0 cm³/mol. The Balaban J connectivity index is 1.81. The van der Waals surface area contributed by atoms with E-state index in [1.807, 2.05) is 6.92 Å². The molecule has 0 radical (unpaired) electrons. The first kappa shape index (κ1) is 19.7. The van der Waals surface area contributed by atoms with Crippen LogP contribution >= 0.6 is 0 Å². The Kier molecular flexibility index (Phi) is 6.84. The average molecular weight is 358 g/mol. The summed E-state index contributed by atoms with van der Waals surface area (Å²) < 4.78 is 43.6. The third kappa shape index (κ3) is 5.71. The first-order chi connectivity index (χ1) is 11.8. The highest BCUT2D eigenvalue weighted by Gasteiger charge is 2.30. The lowest BCUT2D eigenvalue weighted by Gasteiger charge is -2.26. The minimum atomic E-state index is -4.35. The van der Waals surface area contributed by atoms with E-state index in [2.05, 4.69) is 5.32 Å². The number of hydrogen-bond donors (Lipinski definition) is 2. The Bertz CT molecular complexity index is 572. The molecule has 7 heteroatoms. The number of carbonyl (C=O) groups is 1. The fourth-order valence-corrected chi connectivity index (χ4v) is 3.01. The molecule has 2 unspecified atom stereocenters. The van der Waals surface area contributed by atoms with E-state index in [0.29, 0.717) is 31.7 Å². The molecule has 4 nitrogen and oxygen atoms in total. The average Bonchev–Trinajstić information content (AvgIpc) is 2.61. The van der Waals surface area contributed by atoms with Crippen LogP contribution in [0.5, 0.6) is 0 Å². The van der Waals surface area contributed by atoms with Crippen molar-refractivity contribution in [1.29, 1.82) is 0 Å². The van der Waals surface area contributed by atoms with Crippen molar-refractivity contribution in [2.24, 2.45) is 11.7 Å². The number of nitrogens with two attached hydrogens (primary N) is 1. The highest BCUT2D eigenvalue weighted by Crippen LogP contribution is 2.31. The molecule has 1 heterocycles. The number of ether oxygens (including phenoxy) is 1. The second-order valence-corrected chi connectivity index (χ2v) is 6.58. The highest BCUT2D eigenvalue weighted by molar-refractivity contribution is 5.81. The Morgan fingerprint density at radius 2 is 2.04 bits per heavy atom. The summed E-state index contributed by atoms with van der Waals surface area (Å²) in [6.07, 6.45) is -2.25. The molecule has 25 heavy (non-hydrogen) atoms. The van der Waals surface area contributed by atoms with Gasteiger partial charge in [-0.1, -0.05) is 25.1 Å². The normalized spacial score (nSPS) is 18.6. The lowest BCUT2D eigenvalue weighted by molar-refractivity contribution is -0.137. The quantitative estimate of drug-likeness (QED) is 0.821. The number of halogens is 3. The van der Waals surface area contributed by atoms with Crippen LogP contribution in [0, 0.1) is 5.92 Å². The molecule has 1 saturated heterocycles. The zero-order chi connectivity index (χ0) is 18.4. The predicted octanol–water partition coefficient (Wildman–Crippen LogP) is 3.07. The van der Waals surface area contributed by atoms with Crippen molar-refractivity contribution in [2.75, 3.05) is 19.8 Å². The van der Waals surface area contributed by atoms with Gasteiger partial charge in [0.05, 0.1) is 11.6 Å². The smallest absolute Gasteiger partial charge is 0.381 e. The van der Waals surface area contributed by atoms with Crippen LogP contribution in [0.25, 0.3) is 0 Å². The molecule has 0 spiro atoms. The van der Waals surface area contributed by atoms with E-state index < -0.39 is 17.8 Å². The molecule has 2 atom stereocenters. The SMILES string of the molecule is CC(CCNC(=O)C(N)C1CCOCC1)c1cccc(C(F)(F)F)c1. The molecular formula is C18H25F3N2O2. The van der Waals surface area contributed by atoms with Crippen LogP contribution in [0.2, 0.25) is 0 Å². The highest BCUT2D eigenvalue weighted by atomic mass is 19.4. The van der Waals surface area contributed by atoms with Gasteiger partial charge in [0, 0.05) is 19.8 Å². The molecule has 0 saturated carbocycles. The fraction of sp³-hybridized carbons (Fsp3) is 0.611. The topological polar surface area (TPSA) is 64.4 Å². The number of hydrogen-bond acceptors (Lipinski definition) is 3. The standard InChI is InChI=1S/C18H25F3N2O2/c1-12(14-3-2-4-15(11-14)18(19,20)21)5-8-23-17(24)16(22)13-6-9-25-10-7-13/h2-4,11-13,16H,5-10,22H2,1H3,(H,23,24). The molecular weight excluding hydrogens is 333 g/mol. The van der Waals surface area contributed by atoms with Gasteiger partial charge < -0.3 is 15.8 Å². The van der Waals surface area contributed by atoms with Crippen LogP contribution in [-0.2, 0) is 15.7 Å². The number of rotatable bonds is 6. The summed E-state index contributed by atoms with van der Waals surface area (Å²) in [5, 5.41) is 2.80. The summed E-state index contributed by atoms with van der Waals surface area (Å²) in [6.45, 7) is 3.48. The van der Waals surface area contributed by atoms with E-state index in [0.717, 1.165) is 18.9 Å². The van der Waals surface area contributed by atoms with Crippen molar-refractivity contribution in [2.45, 2.75) is 44.3 Å². The molecule has 1 aliphatic rings. The van der Waals surface area contributed by atoms with E-state index in [4.69, 9.17) is 10.5 Å². The molecule has 1 aliphatic heterocycles. The Morgan fingerprint density at radius 1 is 1.36 bits per heavy atom. The van der Waals surface area contributed by atoms with E-state index in [9.17, 15) is 18.0 Å². The zero-order valence-electron chi connectivity index (χ0n) is 14.3. The Hall–Kier alpha value is -1.60. The van der Waals surface area contributed by atoms with Gasteiger partial charge in [-0.3, -0.25) is 4.79 Å². The van der Waals surface area contributed by atoms with Crippen molar-refractivity contribution in [3.8, 4) is 0 Å². The van der Waals surface area contributed by atoms with Crippen LogP contribution in [0.15, 0.2) is 24.3 Å². The van der Waals surface area contributed by atoms with Gasteiger partial charge in [-0.05, 0) is 42.7 Å². The zero-order valence-corrected chi connectivity index (χ0v) is 14.3. The summed E-state index contributed by atoms with van der Waals surface area (Å²) in [4.78, 5) is 12.1. The maximum absolute atomic E-state index is 12.8. The molecule has 0 aromatic heterocycles. The number of carbonyl (C=O) groups excluding carboxylic acids is 1. The number of nitrogens with one attached hydrogen (secondary N) is 1. The number of alkyl halides is 3. The maximum Gasteiger partial charge on any atom is 0.416 e. The molecule has 140 valence electrons. The minimum Gasteiger partial charge on any atom is -0.381 e. The van der Waals surface area contributed by atoms with Gasteiger partial charge in [0.15, 0.2) is 0 Å². The fourth-order valence-electron chi connectivity index (χ4n) is 3.01. The van der Waals surface area contributed by atoms with E-state index in [1.54, 1.807) is 6.07 Å². The van der Waals surface area contributed by atoms with Gasteiger partial charge in [-0.25, -0.2) is 0 Å². The monoisotopic (exact) mass is 358 g/mol. The molecule has 1 fully saturated rings. The van der Waals surface area contributed by atoms with Crippen LogP contribution in [-0.4, -0.2) is 31.7 Å². The van der Waals surface area contributed by atoms with E-state index >= 15 is 0 Å². The molecule has 2 rings (SSSR count). The van der Waals surface area contributed by atoms with Crippen molar-refractivity contribution < 1.29 is 22.7 Å². The number of benzene rings is 1. The van der Waals surface area contributed by atoms with Crippen molar-refractivity contribution in [1.82, 2.24) is 5.32 Å². The number of amides is 1. The van der Waals surface area contributed by atoms with Gasteiger partial charge in [0.25, 0.3) is 0 Å². The molecule has 1 aromatic carbocycles. The summed E-state index contributed by atoms with van der Waals surface area (Å²) >= 11 is 0. The molecule has 1 amide bonds. The van der Waals surface area contributed by atoms with Crippen LogP contribution in [0.3, 0.4) is 0 Å². The van der Waals surface area contributed by atoms with Crippen molar-refractivity contribution >= 4 is 5.91 Å². The van der Waals surface area contributed by atoms with E-state index in [1.165, 1.54) is 12.1 Å². The van der Waals surface area contributed by atoms with Gasteiger partial charge in [0.1, 0.15) is 0 Å². The lowest BCUT2D eigenvalue weighted by atomic mass is 9.91. The first-order valence-corrected chi connectivity index (χ1v) is 8.57. The molecule has 0 aliphatic carbocycles. The summed E-state index contributed by atoms with van der Waals surface area (Å²) in [7, 11) is 0. The van der Waals surface area contributed by atoms with Crippen molar-refractivity contribution in [3.05, 3.63) is 35.4 Å². The molecule has 3 N–H and O–H groups in total. The molecule has 0 bridgehead atoms. The van der Waals surface area contributed by atoms with Gasteiger partial charge in [-0.2, -0.15) is 13.2 Å². The summed E-state index contributed by atoms with van der Waals surface area (Å²) in [6, 6.07) is 4.75. The lowest BCUT2D eigenvalue weighted by Crippen LogP contribution is -2.47. The Morgan fingerprint density at radius 3 is 2.68 bits per heavy atom. The third-order valence-corrected chi connectivity index (χ3v) is 4.74. The second kappa shape index (κ2) is 8.67.